The number of rotatable bonds is 6. The van der Waals surface area contributed by atoms with E-state index in [1.165, 1.54) is 12.1 Å². The molecule has 11 heteroatoms. The van der Waals surface area contributed by atoms with Crippen molar-refractivity contribution in [3.05, 3.63) is 38.9 Å². The maximum absolute atomic E-state index is 12.8. The summed E-state index contributed by atoms with van der Waals surface area (Å²) in [4.78, 5) is 37.1. The second-order valence-electron chi connectivity index (χ2n) is 7.29. The second kappa shape index (κ2) is 8.66. The fourth-order valence-electron chi connectivity index (χ4n) is 3.99. The number of benzene rings is 1. The Kier molecular flexibility index (Phi) is 6.42. The van der Waals surface area contributed by atoms with Gasteiger partial charge in [-0.25, -0.2) is 13.2 Å². The van der Waals surface area contributed by atoms with Crippen LogP contribution < -0.4 is 0 Å². The number of nitro benzene ring substituents is 1. The maximum Gasteiger partial charge on any atom is 0.345 e. The molecule has 1 aliphatic carbocycles. The molecular formula is C18H21ClN2O7S. The standard InChI is InChI=1S/C18H21ClN2O7S/c19-12-5-6-15(16(9-12)21(24)25)18(23)28-10-17(22)20(13-3-1-2-4-13)14-7-8-29(26,27)11-14/h5-6,9,13-14H,1-4,7-8,10-11H2. The second-order valence-corrected chi connectivity index (χ2v) is 9.96. The third kappa shape index (κ3) is 5.05. The summed E-state index contributed by atoms with van der Waals surface area (Å²) in [5.41, 5.74) is -0.812. The highest BCUT2D eigenvalue weighted by Gasteiger charge is 2.39. The topological polar surface area (TPSA) is 124 Å². The molecule has 1 saturated heterocycles. The zero-order valence-electron chi connectivity index (χ0n) is 15.6. The summed E-state index contributed by atoms with van der Waals surface area (Å²) in [5.74, 6) is -1.55. The van der Waals surface area contributed by atoms with Gasteiger partial charge in [0.2, 0.25) is 0 Å². The molecule has 2 fully saturated rings. The molecule has 2 aliphatic rings. The third-order valence-corrected chi connectivity index (χ3v) is 7.30. The lowest BCUT2D eigenvalue weighted by molar-refractivity contribution is -0.385. The maximum atomic E-state index is 12.8. The summed E-state index contributed by atoms with van der Waals surface area (Å²) >= 11 is 5.74. The molecule has 1 unspecified atom stereocenters. The Bertz CT molecular complexity index is 928. The highest BCUT2D eigenvalue weighted by molar-refractivity contribution is 7.91. The highest BCUT2D eigenvalue weighted by atomic mass is 35.5. The van der Waals surface area contributed by atoms with Crippen molar-refractivity contribution < 1.29 is 27.7 Å². The fraction of sp³-hybridized carbons (Fsp3) is 0.556. The Morgan fingerprint density at radius 3 is 2.48 bits per heavy atom. The molecule has 1 aromatic rings. The van der Waals surface area contributed by atoms with E-state index >= 15 is 0 Å². The Hall–Kier alpha value is -2.20. The summed E-state index contributed by atoms with van der Waals surface area (Å²) in [6.07, 6.45) is 3.81. The molecule has 3 rings (SSSR count). The van der Waals surface area contributed by atoms with E-state index < -0.39 is 45.0 Å². The molecular weight excluding hydrogens is 424 g/mol. The first-order chi connectivity index (χ1) is 13.7. The quantitative estimate of drug-likeness (QED) is 0.374. The average Bonchev–Trinajstić information content (AvgIpc) is 3.29. The number of halogens is 1. The lowest BCUT2D eigenvalue weighted by Crippen LogP contribution is -2.48. The number of esters is 1. The summed E-state index contributed by atoms with van der Waals surface area (Å²) in [6, 6.07) is 3.02. The van der Waals surface area contributed by atoms with Crippen molar-refractivity contribution in [1.82, 2.24) is 4.90 Å². The van der Waals surface area contributed by atoms with Gasteiger partial charge in [0.05, 0.1) is 16.4 Å². The van der Waals surface area contributed by atoms with E-state index in [1.807, 2.05) is 0 Å². The summed E-state index contributed by atoms with van der Waals surface area (Å²) in [6.45, 7) is -0.605. The van der Waals surface area contributed by atoms with E-state index in [4.69, 9.17) is 16.3 Å². The van der Waals surface area contributed by atoms with Crippen LogP contribution in [0.1, 0.15) is 42.5 Å². The number of amides is 1. The lowest BCUT2D eigenvalue weighted by atomic mass is 10.1. The van der Waals surface area contributed by atoms with E-state index in [9.17, 15) is 28.1 Å². The van der Waals surface area contributed by atoms with Gasteiger partial charge in [0.1, 0.15) is 5.56 Å². The molecule has 1 amide bonds. The predicted octanol–water partition coefficient (Wildman–Crippen LogP) is 2.36. The minimum absolute atomic E-state index is 0.0327. The third-order valence-electron chi connectivity index (χ3n) is 5.31. The van der Waals surface area contributed by atoms with Crippen LogP contribution >= 0.6 is 11.6 Å². The first-order valence-electron chi connectivity index (χ1n) is 9.30. The van der Waals surface area contributed by atoms with Gasteiger partial charge in [-0.1, -0.05) is 24.4 Å². The summed E-state index contributed by atoms with van der Waals surface area (Å²) < 4.78 is 28.8. The normalized spacial score (nSPS) is 21.1. The molecule has 29 heavy (non-hydrogen) atoms. The van der Waals surface area contributed by atoms with Crippen LogP contribution in [0.2, 0.25) is 5.02 Å². The van der Waals surface area contributed by atoms with Crippen LogP contribution in [0.5, 0.6) is 0 Å². The van der Waals surface area contributed by atoms with Crippen LogP contribution in [0.25, 0.3) is 0 Å². The number of nitrogens with zero attached hydrogens (tertiary/aromatic N) is 2. The molecule has 1 saturated carbocycles. The summed E-state index contributed by atoms with van der Waals surface area (Å²) in [7, 11) is -3.19. The minimum atomic E-state index is -3.19. The molecule has 0 aromatic heterocycles. The van der Waals surface area contributed by atoms with Gasteiger partial charge < -0.3 is 9.64 Å². The number of ether oxygens (including phenoxy) is 1. The molecule has 1 aliphatic heterocycles. The minimum Gasteiger partial charge on any atom is -0.452 e. The summed E-state index contributed by atoms with van der Waals surface area (Å²) in [5, 5.41) is 11.2. The molecule has 158 valence electrons. The monoisotopic (exact) mass is 444 g/mol. The Morgan fingerprint density at radius 2 is 1.90 bits per heavy atom. The first kappa shape index (κ1) is 21.5. The zero-order chi connectivity index (χ0) is 21.2. The number of nitro groups is 1. The van der Waals surface area contributed by atoms with Crippen molar-refractivity contribution in [2.24, 2.45) is 0 Å². The number of hydrogen-bond acceptors (Lipinski definition) is 7. The van der Waals surface area contributed by atoms with E-state index in [0.29, 0.717) is 6.42 Å². The van der Waals surface area contributed by atoms with Gasteiger partial charge in [-0.2, -0.15) is 0 Å². The Labute approximate surface area is 173 Å². The SMILES string of the molecule is O=C(OCC(=O)N(C1CCCC1)C1CCS(=O)(=O)C1)c1ccc(Cl)cc1[N+](=O)[O-]. The van der Waals surface area contributed by atoms with Crippen molar-refractivity contribution in [2.75, 3.05) is 18.1 Å². The van der Waals surface area contributed by atoms with Gasteiger partial charge >= 0.3 is 5.97 Å². The van der Waals surface area contributed by atoms with E-state index in [-0.39, 0.29) is 28.1 Å². The van der Waals surface area contributed by atoms with Crippen molar-refractivity contribution >= 4 is 39.0 Å². The Balaban J connectivity index is 1.72. The van der Waals surface area contributed by atoms with Gasteiger partial charge in [0.15, 0.2) is 16.4 Å². The van der Waals surface area contributed by atoms with E-state index in [2.05, 4.69) is 0 Å². The smallest absolute Gasteiger partial charge is 0.345 e. The number of carbonyl (C=O) groups excluding carboxylic acids is 2. The molecule has 9 nitrogen and oxygen atoms in total. The van der Waals surface area contributed by atoms with Crippen LogP contribution in [0, 0.1) is 10.1 Å². The largest absolute Gasteiger partial charge is 0.452 e. The van der Waals surface area contributed by atoms with Crippen molar-refractivity contribution in [3.63, 3.8) is 0 Å². The molecule has 0 radical (unpaired) electrons. The molecule has 1 heterocycles. The Morgan fingerprint density at radius 1 is 1.21 bits per heavy atom. The van der Waals surface area contributed by atoms with Crippen molar-refractivity contribution in [3.8, 4) is 0 Å². The highest BCUT2D eigenvalue weighted by Crippen LogP contribution is 2.29. The van der Waals surface area contributed by atoms with Crippen molar-refractivity contribution in [1.29, 1.82) is 0 Å². The predicted molar refractivity (Wildman–Crippen MR) is 105 cm³/mol. The van der Waals surface area contributed by atoms with Crippen LogP contribution in [-0.4, -0.2) is 60.3 Å². The number of hydrogen-bond donors (Lipinski definition) is 0. The number of sulfone groups is 1. The van der Waals surface area contributed by atoms with Crippen molar-refractivity contribution in [2.45, 2.75) is 44.2 Å². The fourth-order valence-corrected chi connectivity index (χ4v) is 5.87. The van der Waals surface area contributed by atoms with Gasteiger partial charge in [-0.15, -0.1) is 0 Å². The van der Waals surface area contributed by atoms with E-state index in [1.54, 1.807) is 4.90 Å². The van der Waals surface area contributed by atoms with Crippen LogP contribution in [0.3, 0.4) is 0 Å². The van der Waals surface area contributed by atoms with Gasteiger partial charge in [0.25, 0.3) is 11.6 Å². The first-order valence-corrected chi connectivity index (χ1v) is 11.5. The van der Waals surface area contributed by atoms with Crippen LogP contribution in [0.15, 0.2) is 18.2 Å². The lowest BCUT2D eigenvalue weighted by Gasteiger charge is -2.33. The van der Waals surface area contributed by atoms with Gasteiger partial charge in [-0.3, -0.25) is 14.9 Å². The molecule has 1 aromatic carbocycles. The number of carbonyl (C=O) groups is 2. The van der Waals surface area contributed by atoms with E-state index in [0.717, 1.165) is 31.7 Å². The zero-order valence-corrected chi connectivity index (χ0v) is 17.2. The molecule has 0 N–H and O–H groups in total. The average molecular weight is 445 g/mol. The van der Waals surface area contributed by atoms with Crippen LogP contribution in [-0.2, 0) is 19.4 Å². The molecule has 0 spiro atoms. The van der Waals surface area contributed by atoms with Gasteiger partial charge in [0, 0.05) is 23.2 Å². The molecule has 0 bridgehead atoms. The molecule has 1 atom stereocenters. The van der Waals surface area contributed by atoms with Crippen LogP contribution in [0.4, 0.5) is 5.69 Å². The van der Waals surface area contributed by atoms with Gasteiger partial charge in [-0.05, 0) is 31.4 Å².